The zero-order chi connectivity index (χ0) is 7.40. The zero-order valence-electron chi connectivity index (χ0n) is 5.70. The van der Waals surface area contributed by atoms with Crippen LogP contribution in [0.25, 0.3) is 0 Å². The van der Waals surface area contributed by atoms with Gasteiger partial charge in [0.2, 0.25) is 6.79 Å². The van der Waals surface area contributed by atoms with Gasteiger partial charge >= 0.3 is 5.97 Å². The second-order valence-corrected chi connectivity index (χ2v) is 1.81. The maximum Gasteiger partial charge on any atom is 0.337 e. The largest absolute Gasteiger partial charge is 0.464 e. The first-order valence-corrected chi connectivity index (χ1v) is 3.10. The molecule has 1 heterocycles. The minimum atomic E-state index is -0.556. The average molecular weight is 145 g/mol. The van der Waals surface area contributed by atoms with E-state index in [9.17, 15) is 4.79 Å². The summed E-state index contributed by atoms with van der Waals surface area (Å²) >= 11 is 0. The third-order valence-electron chi connectivity index (χ3n) is 1.08. The number of carbonyl (C=O) groups is 1. The fraction of sp³-hybridized carbons (Fsp3) is 0.667. The number of rotatable bonds is 2. The van der Waals surface area contributed by atoms with Crippen LogP contribution in [0.4, 0.5) is 0 Å². The van der Waals surface area contributed by atoms with Gasteiger partial charge in [0, 0.05) is 0 Å². The van der Waals surface area contributed by atoms with Gasteiger partial charge < -0.3 is 14.2 Å². The maximum atomic E-state index is 10.8. The molecule has 0 aromatic heterocycles. The van der Waals surface area contributed by atoms with Crippen LogP contribution in [0, 0.1) is 6.79 Å². The van der Waals surface area contributed by atoms with E-state index in [4.69, 9.17) is 4.74 Å². The van der Waals surface area contributed by atoms with Gasteiger partial charge in [0.05, 0.1) is 13.2 Å². The molecule has 1 radical (unpaired) electrons. The Bertz CT molecular complexity index is 117. The van der Waals surface area contributed by atoms with E-state index in [1.54, 1.807) is 6.92 Å². The fourth-order valence-corrected chi connectivity index (χ4v) is 0.631. The van der Waals surface area contributed by atoms with Gasteiger partial charge in [-0.2, -0.15) is 0 Å². The molecule has 0 N–H and O–H groups in total. The molecule has 1 unspecified atom stereocenters. The third-order valence-corrected chi connectivity index (χ3v) is 1.08. The molecule has 1 atom stereocenters. The van der Waals surface area contributed by atoms with Crippen LogP contribution in [0.15, 0.2) is 0 Å². The third kappa shape index (κ3) is 1.68. The Morgan fingerprint density at radius 1 is 1.90 bits per heavy atom. The van der Waals surface area contributed by atoms with Gasteiger partial charge in [-0.05, 0) is 6.92 Å². The smallest absolute Gasteiger partial charge is 0.337 e. The normalized spacial score (nSPS) is 24.7. The molecule has 4 heteroatoms. The van der Waals surface area contributed by atoms with Gasteiger partial charge in [0.25, 0.3) is 0 Å². The van der Waals surface area contributed by atoms with Crippen molar-refractivity contribution >= 4 is 5.97 Å². The molecule has 4 nitrogen and oxygen atoms in total. The number of esters is 1. The van der Waals surface area contributed by atoms with Crippen LogP contribution < -0.4 is 0 Å². The highest BCUT2D eigenvalue weighted by Gasteiger charge is 2.25. The van der Waals surface area contributed by atoms with E-state index in [2.05, 4.69) is 9.47 Å². The summed E-state index contributed by atoms with van der Waals surface area (Å²) < 4.78 is 14.1. The Morgan fingerprint density at radius 3 is 3.20 bits per heavy atom. The summed E-state index contributed by atoms with van der Waals surface area (Å²) in [4.78, 5) is 10.8. The lowest BCUT2D eigenvalue weighted by atomic mass is 10.4. The van der Waals surface area contributed by atoms with Crippen molar-refractivity contribution in [1.29, 1.82) is 0 Å². The predicted octanol–water partition coefficient (Wildman–Crippen LogP) is 0.0842. The second-order valence-electron chi connectivity index (χ2n) is 1.81. The maximum absolute atomic E-state index is 10.8. The molecular formula is C6H9O4. The highest BCUT2D eigenvalue weighted by Crippen LogP contribution is 2.07. The van der Waals surface area contributed by atoms with Gasteiger partial charge in [-0.1, -0.05) is 0 Å². The van der Waals surface area contributed by atoms with Crippen molar-refractivity contribution in [3.05, 3.63) is 6.79 Å². The molecule has 10 heavy (non-hydrogen) atoms. The standard InChI is InChI=1S/C6H9O4/c1-2-9-6(7)5-3-8-4-10-5/h4-5H,2-3H2,1H3. The van der Waals surface area contributed by atoms with Crippen LogP contribution in [0.5, 0.6) is 0 Å². The fourth-order valence-electron chi connectivity index (χ4n) is 0.631. The van der Waals surface area contributed by atoms with Gasteiger partial charge in [-0.25, -0.2) is 4.79 Å². The van der Waals surface area contributed by atoms with E-state index < -0.39 is 6.10 Å². The first kappa shape index (κ1) is 7.50. The molecule has 0 amide bonds. The van der Waals surface area contributed by atoms with Gasteiger partial charge in [-0.15, -0.1) is 0 Å². The zero-order valence-corrected chi connectivity index (χ0v) is 5.70. The van der Waals surface area contributed by atoms with Crippen LogP contribution in [0.3, 0.4) is 0 Å². The minimum absolute atomic E-state index is 0.263. The van der Waals surface area contributed by atoms with Crippen molar-refractivity contribution in [2.45, 2.75) is 13.0 Å². The van der Waals surface area contributed by atoms with Crippen molar-refractivity contribution < 1.29 is 19.0 Å². The molecule has 0 aromatic carbocycles. The van der Waals surface area contributed by atoms with Gasteiger partial charge in [0.1, 0.15) is 0 Å². The van der Waals surface area contributed by atoms with Crippen LogP contribution in [0.2, 0.25) is 0 Å². The second kappa shape index (κ2) is 3.53. The molecular weight excluding hydrogens is 136 g/mol. The number of hydrogen-bond donors (Lipinski definition) is 0. The number of hydrogen-bond acceptors (Lipinski definition) is 4. The van der Waals surface area contributed by atoms with Crippen LogP contribution in [0.1, 0.15) is 6.92 Å². The highest BCUT2D eigenvalue weighted by molar-refractivity contribution is 5.75. The summed E-state index contributed by atoms with van der Waals surface area (Å²) in [5.74, 6) is -0.365. The summed E-state index contributed by atoms with van der Waals surface area (Å²) in [6, 6.07) is 0. The molecule has 0 aliphatic carbocycles. The number of ether oxygens (including phenoxy) is 3. The van der Waals surface area contributed by atoms with Crippen molar-refractivity contribution in [3.63, 3.8) is 0 Å². The summed E-state index contributed by atoms with van der Waals surface area (Å²) in [6.07, 6.45) is -0.556. The molecule has 0 bridgehead atoms. The van der Waals surface area contributed by atoms with Crippen molar-refractivity contribution in [2.24, 2.45) is 0 Å². The summed E-state index contributed by atoms with van der Waals surface area (Å²) in [6.45, 7) is 3.54. The van der Waals surface area contributed by atoms with Crippen molar-refractivity contribution in [2.75, 3.05) is 13.2 Å². The Labute approximate surface area is 59.1 Å². The Hall–Kier alpha value is -0.610. The van der Waals surface area contributed by atoms with E-state index in [-0.39, 0.29) is 12.6 Å². The first-order valence-electron chi connectivity index (χ1n) is 3.10. The Morgan fingerprint density at radius 2 is 2.70 bits per heavy atom. The van der Waals surface area contributed by atoms with E-state index >= 15 is 0 Å². The molecule has 0 aromatic rings. The van der Waals surface area contributed by atoms with Gasteiger partial charge in [0.15, 0.2) is 6.10 Å². The molecule has 1 fully saturated rings. The molecule has 1 rings (SSSR count). The number of carbonyl (C=O) groups excluding carboxylic acids is 1. The highest BCUT2D eigenvalue weighted by atomic mass is 16.7. The molecule has 57 valence electrons. The lowest BCUT2D eigenvalue weighted by Crippen LogP contribution is -2.24. The first-order chi connectivity index (χ1) is 4.84. The van der Waals surface area contributed by atoms with E-state index in [0.29, 0.717) is 6.61 Å². The van der Waals surface area contributed by atoms with Crippen molar-refractivity contribution in [1.82, 2.24) is 0 Å². The minimum Gasteiger partial charge on any atom is -0.464 e. The van der Waals surface area contributed by atoms with Crippen LogP contribution >= 0.6 is 0 Å². The van der Waals surface area contributed by atoms with Crippen LogP contribution in [-0.4, -0.2) is 25.3 Å². The molecule has 1 saturated heterocycles. The quantitative estimate of drug-likeness (QED) is 0.516. The Balaban J connectivity index is 2.25. The van der Waals surface area contributed by atoms with E-state index in [0.717, 1.165) is 6.79 Å². The SMILES string of the molecule is CCOC(=O)C1CO[CH]O1. The van der Waals surface area contributed by atoms with Crippen LogP contribution in [-0.2, 0) is 19.0 Å². The molecule has 0 spiro atoms. The summed E-state index contributed by atoms with van der Waals surface area (Å²) in [5, 5.41) is 0. The summed E-state index contributed by atoms with van der Waals surface area (Å²) in [5.41, 5.74) is 0. The molecule has 0 saturated carbocycles. The lowest BCUT2D eigenvalue weighted by Gasteiger charge is -2.04. The predicted molar refractivity (Wildman–Crippen MR) is 31.8 cm³/mol. The lowest BCUT2D eigenvalue weighted by molar-refractivity contribution is -0.151. The average Bonchev–Trinajstić information content (AvgIpc) is 2.38. The van der Waals surface area contributed by atoms with Gasteiger partial charge in [-0.3, -0.25) is 0 Å². The Kier molecular flexibility index (Phi) is 2.65. The van der Waals surface area contributed by atoms with Crippen molar-refractivity contribution in [3.8, 4) is 0 Å². The summed E-state index contributed by atoms with van der Waals surface area (Å²) in [7, 11) is 0. The van der Waals surface area contributed by atoms with E-state index in [1.165, 1.54) is 0 Å². The van der Waals surface area contributed by atoms with E-state index in [1.807, 2.05) is 0 Å². The monoisotopic (exact) mass is 145 g/mol. The molecule has 1 aliphatic heterocycles. The molecule has 1 aliphatic rings. The topological polar surface area (TPSA) is 44.8 Å².